The van der Waals surface area contributed by atoms with Crippen molar-refractivity contribution in [2.24, 2.45) is 0 Å². The maximum absolute atomic E-state index is 11.8. The third-order valence-corrected chi connectivity index (χ3v) is 7.12. The van der Waals surface area contributed by atoms with Crippen LogP contribution >= 0.6 is 0 Å². The van der Waals surface area contributed by atoms with Crippen LogP contribution in [0.2, 0.25) is 0 Å². The van der Waals surface area contributed by atoms with Gasteiger partial charge in [-0.25, -0.2) is 4.79 Å². The SMILES string of the molecule is Cc1cc(-c2ccc(C(=O)O)c(C3CCCC3)c2)ccc1OCCN[C@H](C)[C@H](O)c1ccc(O)cc1. The van der Waals surface area contributed by atoms with E-state index in [1.165, 1.54) is 0 Å². The molecule has 0 aliphatic heterocycles. The van der Waals surface area contributed by atoms with Crippen LogP contribution in [0, 0.1) is 6.92 Å². The van der Waals surface area contributed by atoms with Crippen molar-refractivity contribution < 1.29 is 24.9 Å². The lowest BCUT2D eigenvalue weighted by molar-refractivity contribution is 0.0695. The zero-order valence-electron chi connectivity index (χ0n) is 20.9. The van der Waals surface area contributed by atoms with Gasteiger partial charge in [0.25, 0.3) is 0 Å². The van der Waals surface area contributed by atoms with Gasteiger partial charge in [-0.1, -0.05) is 43.2 Å². The van der Waals surface area contributed by atoms with Crippen LogP contribution in [0.1, 0.15) is 71.7 Å². The predicted molar refractivity (Wildman–Crippen MR) is 141 cm³/mol. The molecule has 0 radical (unpaired) electrons. The normalized spacial score (nSPS) is 15.5. The van der Waals surface area contributed by atoms with E-state index in [4.69, 9.17) is 4.74 Å². The number of nitrogens with one attached hydrogen (secondary N) is 1. The highest BCUT2D eigenvalue weighted by Crippen LogP contribution is 2.38. The van der Waals surface area contributed by atoms with Crippen LogP contribution in [-0.4, -0.2) is 40.5 Å². The standard InChI is InChI=1S/C30H35NO5/c1-19-17-23(24-9-13-26(30(34)35)27(18-24)21-5-3-4-6-21)10-14-28(19)36-16-15-31-20(2)29(33)22-7-11-25(32)12-8-22/h7-14,17-18,20-21,29,31-33H,3-6,15-16H2,1-2H3,(H,34,35)/t20-,29+/m1/s1. The summed E-state index contributed by atoms with van der Waals surface area (Å²) < 4.78 is 5.98. The summed E-state index contributed by atoms with van der Waals surface area (Å²) in [5.41, 5.74) is 5.18. The summed E-state index contributed by atoms with van der Waals surface area (Å²) in [5.74, 6) is 0.433. The minimum atomic E-state index is -0.859. The molecule has 0 heterocycles. The molecule has 0 aromatic heterocycles. The number of hydrogen-bond donors (Lipinski definition) is 4. The zero-order chi connectivity index (χ0) is 25.7. The largest absolute Gasteiger partial charge is 0.508 e. The first-order chi connectivity index (χ1) is 17.3. The van der Waals surface area contributed by atoms with Gasteiger partial charge in [0.05, 0.1) is 11.7 Å². The van der Waals surface area contributed by atoms with E-state index in [9.17, 15) is 20.1 Å². The van der Waals surface area contributed by atoms with E-state index in [1.807, 2.05) is 32.0 Å². The molecule has 2 atom stereocenters. The highest BCUT2D eigenvalue weighted by molar-refractivity contribution is 5.90. The Morgan fingerprint density at radius 1 is 1.03 bits per heavy atom. The van der Waals surface area contributed by atoms with E-state index in [1.54, 1.807) is 30.3 Å². The third kappa shape index (κ3) is 6.07. The molecule has 1 aliphatic carbocycles. The number of carboxylic acid groups (broad SMARTS) is 1. The lowest BCUT2D eigenvalue weighted by atomic mass is 9.89. The molecule has 4 N–H and O–H groups in total. The van der Waals surface area contributed by atoms with Gasteiger partial charge >= 0.3 is 5.97 Å². The number of aliphatic hydroxyl groups excluding tert-OH is 1. The van der Waals surface area contributed by atoms with E-state index in [-0.39, 0.29) is 11.8 Å². The van der Waals surface area contributed by atoms with Gasteiger partial charge in [0.2, 0.25) is 0 Å². The first-order valence-electron chi connectivity index (χ1n) is 12.6. The monoisotopic (exact) mass is 489 g/mol. The second-order valence-electron chi connectivity index (χ2n) is 9.70. The molecule has 36 heavy (non-hydrogen) atoms. The lowest BCUT2D eigenvalue weighted by Crippen LogP contribution is -2.35. The number of phenolic OH excluding ortho intramolecular Hbond substituents is 1. The number of aryl methyl sites for hydroxylation is 1. The summed E-state index contributed by atoms with van der Waals surface area (Å²) >= 11 is 0. The van der Waals surface area contributed by atoms with Gasteiger partial charge in [0, 0.05) is 12.6 Å². The number of aromatic hydroxyl groups is 1. The minimum absolute atomic E-state index is 0.174. The van der Waals surface area contributed by atoms with Gasteiger partial charge in [0.15, 0.2) is 0 Å². The Hall–Kier alpha value is -3.35. The molecular formula is C30H35NO5. The Morgan fingerprint density at radius 2 is 1.69 bits per heavy atom. The highest BCUT2D eigenvalue weighted by atomic mass is 16.5. The Morgan fingerprint density at radius 3 is 2.36 bits per heavy atom. The van der Waals surface area contributed by atoms with Crippen molar-refractivity contribution in [2.75, 3.05) is 13.2 Å². The van der Waals surface area contributed by atoms with Crippen LogP contribution in [0.25, 0.3) is 11.1 Å². The average molecular weight is 490 g/mol. The molecule has 0 amide bonds. The second kappa shape index (κ2) is 11.6. The molecule has 0 spiro atoms. The van der Waals surface area contributed by atoms with Crippen LogP contribution in [-0.2, 0) is 0 Å². The maximum Gasteiger partial charge on any atom is 0.335 e. The molecule has 4 rings (SSSR count). The summed E-state index contributed by atoms with van der Waals surface area (Å²) in [6, 6.07) is 18.1. The Bertz CT molecular complexity index is 1180. The van der Waals surface area contributed by atoms with E-state index < -0.39 is 12.1 Å². The van der Waals surface area contributed by atoms with Crippen LogP contribution in [0.5, 0.6) is 11.5 Å². The van der Waals surface area contributed by atoms with E-state index in [2.05, 4.69) is 17.4 Å². The number of aromatic carboxylic acids is 1. The van der Waals surface area contributed by atoms with E-state index in [0.717, 1.165) is 59.3 Å². The first kappa shape index (κ1) is 25.7. The zero-order valence-corrected chi connectivity index (χ0v) is 20.9. The molecule has 0 bridgehead atoms. The molecule has 190 valence electrons. The van der Waals surface area contributed by atoms with Gasteiger partial charge in [0.1, 0.15) is 18.1 Å². The summed E-state index contributed by atoms with van der Waals surface area (Å²) in [4.78, 5) is 11.8. The lowest BCUT2D eigenvalue weighted by Gasteiger charge is -2.21. The molecule has 1 fully saturated rings. The van der Waals surface area contributed by atoms with Crippen LogP contribution < -0.4 is 10.1 Å². The maximum atomic E-state index is 11.8. The molecular weight excluding hydrogens is 454 g/mol. The van der Waals surface area contributed by atoms with Crippen LogP contribution in [0.15, 0.2) is 60.7 Å². The number of carbonyl (C=O) groups is 1. The van der Waals surface area contributed by atoms with Gasteiger partial charge in [-0.05, 0) is 90.8 Å². The predicted octanol–water partition coefficient (Wildman–Crippen LogP) is 5.81. The van der Waals surface area contributed by atoms with Crippen molar-refractivity contribution in [3.8, 4) is 22.6 Å². The van der Waals surface area contributed by atoms with Crippen LogP contribution in [0.3, 0.4) is 0 Å². The number of phenols is 1. The summed E-state index contributed by atoms with van der Waals surface area (Å²) in [6.45, 7) is 4.94. The number of ether oxygens (including phenoxy) is 1. The number of benzene rings is 3. The molecule has 6 nitrogen and oxygen atoms in total. The molecule has 1 aliphatic rings. The van der Waals surface area contributed by atoms with Gasteiger partial charge in [-0.2, -0.15) is 0 Å². The van der Waals surface area contributed by atoms with Gasteiger partial charge < -0.3 is 25.4 Å². The quantitative estimate of drug-likeness (QED) is 0.268. The fourth-order valence-electron chi connectivity index (χ4n) is 5.02. The van der Waals surface area contributed by atoms with Crippen molar-refractivity contribution in [2.45, 2.75) is 57.6 Å². The van der Waals surface area contributed by atoms with Crippen molar-refractivity contribution in [1.82, 2.24) is 5.32 Å². The number of carboxylic acids is 1. The Kier molecular flexibility index (Phi) is 8.28. The number of aliphatic hydroxyl groups is 1. The molecule has 0 unspecified atom stereocenters. The summed E-state index contributed by atoms with van der Waals surface area (Å²) in [6.07, 6.45) is 3.72. The topological polar surface area (TPSA) is 99.0 Å². The fourth-order valence-corrected chi connectivity index (χ4v) is 5.02. The molecule has 1 saturated carbocycles. The Labute approximate surface area is 212 Å². The van der Waals surface area contributed by atoms with Crippen molar-refractivity contribution in [1.29, 1.82) is 0 Å². The van der Waals surface area contributed by atoms with Crippen molar-refractivity contribution in [3.05, 3.63) is 82.9 Å². The van der Waals surface area contributed by atoms with E-state index in [0.29, 0.717) is 24.6 Å². The number of hydrogen-bond acceptors (Lipinski definition) is 5. The van der Waals surface area contributed by atoms with E-state index >= 15 is 0 Å². The molecule has 3 aromatic rings. The van der Waals surface area contributed by atoms with Crippen LogP contribution in [0.4, 0.5) is 0 Å². The number of rotatable bonds is 10. The fraction of sp³-hybridized carbons (Fsp3) is 0.367. The highest BCUT2D eigenvalue weighted by Gasteiger charge is 2.23. The molecule has 3 aromatic carbocycles. The van der Waals surface area contributed by atoms with Crippen molar-refractivity contribution >= 4 is 5.97 Å². The average Bonchev–Trinajstić information content (AvgIpc) is 3.42. The minimum Gasteiger partial charge on any atom is -0.508 e. The smallest absolute Gasteiger partial charge is 0.335 e. The first-order valence-corrected chi connectivity index (χ1v) is 12.6. The van der Waals surface area contributed by atoms with Gasteiger partial charge in [-0.15, -0.1) is 0 Å². The Balaban J connectivity index is 1.36. The molecule has 0 saturated heterocycles. The molecule has 6 heteroatoms. The summed E-state index contributed by atoms with van der Waals surface area (Å²) in [7, 11) is 0. The second-order valence-corrected chi connectivity index (χ2v) is 9.70. The van der Waals surface area contributed by atoms with Gasteiger partial charge in [-0.3, -0.25) is 0 Å². The third-order valence-electron chi connectivity index (χ3n) is 7.12. The van der Waals surface area contributed by atoms with Crippen molar-refractivity contribution in [3.63, 3.8) is 0 Å². The summed E-state index contributed by atoms with van der Waals surface area (Å²) in [5, 5.41) is 32.9.